The fourth-order valence-electron chi connectivity index (χ4n) is 2.25. The number of rotatable bonds is 5. The fraction of sp³-hybridized carbons (Fsp3) is 0.263. The van der Waals surface area contributed by atoms with E-state index in [4.69, 9.17) is 21.1 Å². The van der Waals surface area contributed by atoms with Gasteiger partial charge in [-0.15, -0.1) is 0 Å². The summed E-state index contributed by atoms with van der Waals surface area (Å²) >= 11 is 5.94. The second kappa shape index (κ2) is 8.03. The van der Waals surface area contributed by atoms with E-state index in [-0.39, 0.29) is 0 Å². The van der Waals surface area contributed by atoms with Crippen LogP contribution in [0, 0.1) is 13.8 Å². The van der Waals surface area contributed by atoms with Gasteiger partial charge < -0.3 is 14.8 Å². The van der Waals surface area contributed by atoms with Gasteiger partial charge in [0, 0.05) is 5.02 Å². The summed E-state index contributed by atoms with van der Waals surface area (Å²) in [4.78, 5) is 24.6. The van der Waals surface area contributed by atoms with Gasteiger partial charge in [0.1, 0.15) is 5.75 Å². The maximum Gasteiger partial charge on any atom is 0.339 e. The number of halogens is 1. The zero-order valence-corrected chi connectivity index (χ0v) is 15.3. The van der Waals surface area contributed by atoms with Gasteiger partial charge in [0.2, 0.25) is 0 Å². The largest absolute Gasteiger partial charge is 0.495 e. The molecule has 0 fully saturated rings. The predicted octanol–water partition coefficient (Wildman–Crippen LogP) is 4.15. The van der Waals surface area contributed by atoms with Crippen LogP contribution in [0.3, 0.4) is 0 Å². The van der Waals surface area contributed by atoms with Gasteiger partial charge in [-0.1, -0.05) is 29.3 Å². The number of carbonyl (C=O) groups excluding carboxylic acids is 2. The molecule has 2 aromatic rings. The lowest BCUT2D eigenvalue weighted by molar-refractivity contribution is -0.123. The van der Waals surface area contributed by atoms with E-state index in [1.54, 1.807) is 24.3 Å². The Bertz CT molecular complexity index is 804. The van der Waals surface area contributed by atoms with Gasteiger partial charge in [-0.3, -0.25) is 4.79 Å². The molecule has 0 unspecified atom stereocenters. The van der Waals surface area contributed by atoms with Crippen LogP contribution in [0.4, 0.5) is 5.69 Å². The molecule has 0 saturated heterocycles. The first-order chi connectivity index (χ1) is 11.8. The van der Waals surface area contributed by atoms with Crippen molar-refractivity contribution in [3.8, 4) is 5.75 Å². The van der Waals surface area contributed by atoms with Crippen LogP contribution in [0.15, 0.2) is 36.4 Å². The average Bonchev–Trinajstić information content (AvgIpc) is 2.57. The highest BCUT2D eigenvalue weighted by molar-refractivity contribution is 6.31. The highest BCUT2D eigenvalue weighted by Gasteiger charge is 2.21. The Morgan fingerprint density at radius 1 is 1.12 bits per heavy atom. The highest BCUT2D eigenvalue weighted by Crippen LogP contribution is 2.28. The van der Waals surface area contributed by atoms with Gasteiger partial charge in [-0.05, 0) is 50.6 Å². The Balaban J connectivity index is 2.09. The first kappa shape index (κ1) is 18.8. The zero-order chi connectivity index (χ0) is 18.6. The Morgan fingerprint density at radius 2 is 1.84 bits per heavy atom. The van der Waals surface area contributed by atoms with Crippen molar-refractivity contribution in [3.63, 3.8) is 0 Å². The van der Waals surface area contributed by atoms with Crippen molar-refractivity contribution < 1.29 is 19.1 Å². The molecule has 1 atom stereocenters. The monoisotopic (exact) mass is 361 g/mol. The molecule has 132 valence electrons. The van der Waals surface area contributed by atoms with E-state index in [2.05, 4.69) is 5.32 Å². The molecular formula is C19H20ClNO4. The Hall–Kier alpha value is -2.53. The third-order valence-electron chi connectivity index (χ3n) is 3.69. The topological polar surface area (TPSA) is 64.6 Å². The molecule has 0 aliphatic carbocycles. The molecule has 0 saturated carbocycles. The number of ether oxygens (including phenoxy) is 2. The lowest BCUT2D eigenvalue weighted by Crippen LogP contribution is -2.30. The summed E-state index contributed by atoms with van der Waals surface area (Å²) in [6.45, 7) is 5.21. The summed E-state index contributed by atoms with van der Waals surface area (Å²) in [5, 5.41) is 3.11. The minimum absolute atomic E-state index is 0.412. The molecule has 0 spiro atoms. The number of hydrogen-bond donors (Lipinski definition) is 1. The fourth-order valence-corrected chi connectivity index (χ4v) is 2.42. The summed E-state index contributed by atoms with van der Waals surface area (Å²) < 4.78 is 10.5. The SMILES string of the molecule is COc1ccc(Cl)cc1NC(=O)[C@H](C)OC(=O)c1cc(C)ccc1C. The number of nitrogens with one attached hydrogen (secondary N) is 1. The summed E-state index contributed by atoms with van der Waals surface area (Å²) in [5.74, 6) is -0.549. The molecule has 0 aromatic heterocycles. The van der Waals surface area contributed by atoms with E-state index in [0.717, 1.165) is 11.1 Å². The standard InChI is InChI=1S/C19H20ClNO4/c1-11-5-6-12(2)15(9-11)19(23)25-13(3)18(22)21-16-10-14(20)7-8-17(16)24-4/h5-10,13H,1-4H3,(H,21,22)/t13-/m0/s1. The van der Waals surface area contributed by atoms with Crippen LogP contribution < -0.4 is 10.1 Å². The molecule has 1 N–H and O–H groups in total. The third kappa shape index (κ3) is 4.73. The van der Waals surface area contributed by atoms with Crippen LogP contribution >= 0.6 is 11.6 Å². The zero-order valence-electron chi connectivity index (χ0n) is 14.6. The molecule has 0 radical (unpaired) electrons. The van der Waals surface area contributed by atoms with Gasteiger partial charge in [0.15, 0.2) is 6.10 Å². The quantitative estimate of drug-likeness (QED) is 0.812. The van der Waals surface area contributed by atoms with Crippen molar-refractivity contribution >= 4 is 29.2 Å². The van der Waals surface area contributed by atoms with Gasteiger partial charge in [-0.2, -0.15) is 0 Å². The predicted molar refractivity (Wildman–Crippen MR) is 97.4 cm³/mol. The Labute approximate surface area is 151 Å². The number of methoxy groups -OCH3 is 1. The molecule has 6 heteroatoms. The lowest BCUT2D eigenvalue weighted by atomic mass is 10.1. The van der Waals surface area contributed by atoms with E-state index in [0.29, 0.717) is 22.0 Å². The summed E-state index contributed by atoms with van der Waals surface area (Å²) in [6, 6.07) is 10.4. The molecule has 2 rings (SSSR count). The summed E-state index contributed by atoms with van der Waals surface area (Å²) in [6.07, 6.45) is -0.976. The molecule has 0 bridgehead atoms. The van der Waals surface area contributed by atoms with E-state index in [9.17, 15) is 9.59 Å². The molecule has 0 aliphatic rings. The Morgan fingerprint density at radius 3 is 2.52 bits per heavy atom. The maximum atomic E-state index is 12.3. The number of benzene rings is 2. The summed E-state index contributed by atoms with van der Waals surface area (Å²) in [5.41, 5.74) is 2.59. The van der Waals surface area contributed by atoms with Gasteiger partial charge in [0.05, 0.1) is 18.4 Å². The van der Waals surface area contributed by atoms with Crippen LogP contribution in [0.1, 0.15) is 28.4 Å². The van der Waals surface area contributed by atoms with E-state index in [1.807, 2.05) is 26.0 Å². The van der Waals surface area contributed by atoms with Crippen molar-refractivity contribution in [1.29, 1.82) is 0 Å². The van der Waals surface area contributed by atoms with E-state index < -0.39 is 18.0 Å². The highest BCUT2D eigenvalue weighted by atomic mass is 35.5. The van der Waals surface area contributed by atoms with Crippen molar-refractivity contribution in [2.45, 2.75) is 26.9 Å². The molecule has 5 nitrogen and oxygen atoms in total. The van der Waals surface area contributed by atoms with Crippen molar-refractivity contribution in [1.82, 2.24) is 0 Å². The molecule has 0 aliphatic heterocycles. The normalized spacial score (nSPS) is 11.6. The molecule has 25 heavy (non-hydrogen) atoms. The molecule has 0 heterocycles. The minimum atomic E-state index is -0.976. The van der Waals surface area contributed by atoms with E-state index in [1.165, 1.54) is 14.0 Å². The van der Waals surface area contributed by atoms with Gasteiger partial charge in [-0.25, -0.2) is 4.79 Å². The van der Waals surface area contributed by atoms with Crippen molar-refractivity contribution in [3.05, 3.63) is 58.1 Å². The minimum Gasteiger partial charge on any atom is -0.495 e. The second-order valence-electron chi connectivity index (χ2n) is 5.70. The first-order valence-electron chi connectivity index (χ1n) is 7.74. The third-order valence-corrected chi connectivity index (χ3v) is 3.92. The first-order valence-corrected chi connectivity index (χ1v) is 8.12. The van der Waals surface area contributed by atoms with Crippen LogP contribution in [0.25, 0.3) is 0 Å². The van der Waals surface area contributed by atoms with Gasteiger partial charge >= 0.3 is 5.97 Å². The number of aryl methyl sites for hydroxylation is 2. The summed E-state index contributed by atoms with van der Waals surface area (Å²) in [7, 11) is 1.49. The van der Waals surface area contributed by atoms with Gasteiger partial charge in [0.25, 0.3) is 5.91 Å². The number of carbonyl (C=O) groups is 2. The van der Waals surface area contributed by atoms with Crippen molar-refractivity contribution in [2.24, 2.45) is 0 Å². The van der Waals surface area contributed by atoms with Crippen LogP contribution in [-0.2, 0) is 9.53 Å². The Kier molecular flexibility index (Phi) is 6.04. The molecular weight excluding hydrogens is 342 g/mol. The number of amides is 1. The average molecular weight is 362 g/mol. The van der Waals surface area contributed by atoms with Crippen molar-refractivity contribution in [2.75, 3.05) is 12.4 Å². The van der Waals surface area contributed by atoms with E-state index >= 15 is 0 Å². The number of esters is 1. The molecule has 1 amide bonds. The number of hydrogen-bond acceptors (Lipinski definition) is 4. The second-order valence-corrected chi connectivity index (χ2v) is 6.14. The maximum absolute atomic E-state index is 12.3. The van der Waals surface area contributed by atoms with Crippen LogP contribution in [0.2, 0.25) is 5.02 Å². The van der Waals surface area contributed by atoms with Crippen LogP contribution in [-0.4, -0.2) is 25.1 Å². The molecule has 2 aromatic carbocycles. The number of anilines is 1. The van der Waals surface area contributed by atoms with Crippen LogP contribution in [0.5, 0.6) is 5.75 Å². The smallest absolute Gasteiger partial charge is 0.339 e. The lowest BCUT2D eigenvalue weighted by Gasteiger charge is -2.16.